The molecule has 1 aromatic rings. The van der Waals surface area contributed by atoms with Gasteiger partial charge in [-0.15, -0.1) is 12.4 Å². The second-order valence-corrected chi connectivity index (χ2v) is 5.86. The predicted molar refractivity (Wildman–Crippen MR) is 76.8 cm³/mol. The summed E-state index contributed by atoms with van der Waals surface area (Å²) in [6, 6.07) is 2.22. The van der Waals surface area contributed by atoms with Gasteiger partial charge in [0.2, 0.25) is 15.9 Å². The highest BCUT2D eigenvalue weighted by atomic mass is 35.5. The molecule has 1 aromatic heterocycles. The van der Waals surface area contributed by atoms with Crippen LogP contribution in [0, 0.1) is 0 Å². The largest absolute Gasteiger partial charge is 0.468 e. The van der Waals surface area contributed by atoms with Crippen molar-refractivity contribution in [2.75, 3.05) is 26.7 Å². The van der Waals surface area contributed by atoms with Crippen molar-refractivity contribution in [2.45, 2.75) is 17.5 Å². The Kier molecular flexibility index (Phi) is 8.68. The number of rotatable bonds is 8. The quantitative estimate of drug-likeness (QED) is 0.681. The number of aromatic nitrogens is 1. The van der Waals surface area contributed by atoms with Crippen LogP contribution in [0.1, 0.15) is 6.42 Å². The maximum absolute atomic E-state index is 11.9. The fraction of sp³-hybridized carbons (Fsp3) is 0.545. The molecule has 2 N–H and O–H groups in total. The standard InChI is InChI=1S/C11H16F3N3O3S.ClH/c1-15-5-2-6-17-21(18,19)9-3-4-10(16-7-9)20-8-11(12,13)14;/h3-4,7,15,17H,2,5-6,8H2,1H3;1H. The number of nitrogens with one attached hydrogen (secondary N) is 2. The molecule has 11 heteroatoms. The third kappa shape index (κ3) is 7.78. The minimum absolute atomic E-state index is 0. The molecule has 6 nitrogen and oxygen atoms in total. The highest BCUT2D eigenvalue weighted by Gasteiger charge is 2.28. The molecule has 0 saturated heterocycles. The molecule has 0 spiro atoms. The minimum atomic E-state index is -4.47. The third-order valence-electron chi connectivity index (χ3n) is 2.30. The van der Waals surface area contributed by atoms with E-state index < -0.39 is 22.8 Å². The zero-order valence-corrected chi connectivity index (χ0v) is 13.3. The molecule has 0 unspecified atom stereocenters. The van der Waals surface area contributed by atoms with E-state index in [1.807, 2.05) is 0 Å². The van der Waals surface area contributed by atoms with Crippen LogP contribution < -0.4 is 14.8 Å². The van der Waals surface area contributed by atoms with E-state index >= 15 is 0 Å². The maximum Gasteiger partial charge on any atom is 0.422 e. The van der Waals surface area contributed by atoms with E-state index in [-0.39, 0.29) is 29.7 Å². The van der Waals surface area contributed by atoms with Crippen LogP contribution in [-0.2, 0) is 10.0 Å². The first-order chi connectivity index (χ1) is 9.74. The number of pyridine rings is 1. The van der Waals surface area contributed by atoms with E-state index in [0.29, 0.717) is 13.0 Å². The summed E-state index contributed by atoms with van der Waals surface area (Å²) >= 11 is 0. The first-order valence-corrected chi connectivity index (χ1v) is 7.53. The van der Waals surface area contributed by atoms with Crippen LogP contribution in [0.25, 0.3) is 0 Å². The molecule has 1 rings (SSSR count). The SMILES string of the molecule is CNCCCNS(=O)(=O)c1ccc(OCC(F)(F)F)nc1.Cl. The number of halogens is 4. The van der Waals surface area contributed by atoms with Gasteiger partial charge in [0.15, 0.2) is 6.61 Å². The van der Waals surface area contributed by atoms with Gasteiger partial charge in [0.1, 0.15) is 4.90 Å². The molecule has 0 aromatic carbocycles. The summed E-state index contributed by atoms with van der Waals surface area (Å²) in [5.41, 5.74) is 0. The Morgan fingerprint density at radius 1 is 1.27 bits per heavy atom. The topological polar surface area (TPSA) is 80.3 Å². The average Bonchev–Trinajstić information content (AvgIpc) is 2.41. The summed E-state index contributed by atoms with van der Waals surface area (Å²) in [5, 5.41) is 2.87. The summed E-state index contributed by atoms with van der Waals surface area (Å²) < 4.78 is 66.3. The van der Waals surface area contributed by atoms with Gasteiger partial charge in [-0.2, -0.15) is 13.2 Å². The summed E-state index contributed by atoms with van der Waals surface area (Å²) in [5.74, 6) is -0.290. The lowest BCUT2D eigenvalue weighted by Crippen LogP contribution is -2.27. The van der Waals surface area contributed by atoms with E-state index in [4.69, 9.17) is 0 Å². The second-order valence-electron chi connectivity index (χ2n) is 4.09. The molecule has 0 aliphatic rings. The van der Waals surface area contributed by atoms with Crippen molar-refractivity contribution in [3.05, 3.63) is 18.3 Å². The number of nitrogens with zero attached hydrogens (tertiary/aromatic N) is 1. The number of hydrogen-bond donors (Lipinski definition) is 2. The van der Waals surface area contributed by atoms with Crippen LogP contribution in [0.5, 0.6) is 5.88 Å². The zero-order chi connectivity index (χ0) is 15.9. The molecular formula is C11H17ClF3N3O3S. The summed E-state index contributed by atoms with van der Waals surface area (Å²) in [6.07, 6.45) is -2.91. The first-order valence-electron chi connectivity index (χ1n) is 6.04. The molecule has 0 aliphatic heterocycles. The van der Waals surface area contributed by atoms with E-state index in [0.717, 1.165) is 18.3 Å². The Bertz CT molecular complexity index is 538. The zero-order valence-electron chi connectivity index (χ0n) is 11.7. The number of sulfonamides is 1. The van der Waals surface area contributed by atoms with Crippen LogP contribution >= 0.6 is 12.4 Å². The third-order valence-corrected chi connectivity index (χ3v) is 3.75. The number of hydrogen-bond acceptors (Lipinski definition) is 5. The van der Waals surface area contributed by atoms with Gasteiger partial charge in [-0.1, -0.05) is 0 Å². The van der Waals surface area contributed by atoms with E-state index in [1.165, 1.54) is 0 Å². The molecule has 0 saturated carbocycles. The van der Waals surface area contributed by atoms with Gasteiger partial charge in [-0.3, -0.25) is 0 Å². The monoisotopic (exact) mass is 363 g/mol. The fourth-order valence-electron chi connectivity index (χ4n) is 1.32. The van der Waals surface area contributed by atoms with Crippen LogP contribution in [0.4, 0.5) is 13.2 Å². The van der Waals surface area contributed by atoms with Crippen molar-refractivity contribution in [3.63, 3.8) is 0 Å². The molecule has 0 aliphatic carbocycles. The number of ether oxygens (including phenoxy) is 1. The number of alkyl halides is 3. The van der Waals surface area contributed by atoms with Gasteiger partial charge in [0.25, 0.3) is 0 Å². The summed E-state index contributed by atoms with van der Waals surface area (Å²) in [6.45, 7) is -0.575. The van der Waals surface area contributed by atoms with Crippen LogP contribution in [0.15, 0.2) is 23.2 Å². The highest BCUT2D eigenvalue weighted by Crippen LogP contribution is 2.18. The fourth-order valence-corrected chi connectivity index (χ4v) is 2.34. The summed E-state index contributed by atoms with van der Waals surface area (Å²) in [7, 11) is -1.97. The van der Waals surface area contributed by atoms with Gasteiger partial charge in [-0.05, 0) is 26.1 Å². The van der Waals surface area contributed by atoms with Crippen molar-refractivity contribution < 1.29 is 26.3 Å². The lowest BCUT2D eigenvalue weighted by Gasteiger charge is -2.09. The molecule has 0 atom stereocenters. The van der Waals surface area contributed by atoms with Crippen molar-refractivity contribution in [1.29, 1.82) is 0 Å². The Morgan fingerprint density at radius 2 is 1.95 bits per heavy atom. The molecule has 0 radical (unpaired) electrons. The predicted octanol–water partition coefficient (Wildman–Crippen LogP) is 1.33. The van der Waals surface area contributed by atoms with E-state index in [2.05, 4.69) is 19.8 Å². The average molecular weight is 364 g/mol. The first kappa shape index (κ1) is 20.9. The second kappa shape index (κ2) is 9.13. The minimum Gasteiger partial charge on any atom is -0.468 e. The molecule has 0 fully saturated rings. The van der Waals surface area contributed by atoms with Crippen molar-refractivity contribution in [1.82, 2.24) is 15.0 Å². The van der Waals surface area contributed by atoms with Crippen LogP contribution in [-0.4, -0.2) is 46.3 Å². The molecule has 1 heterocycles. The molecule has 128 valence electrons. The maximum atomic E-state index is 11.9. The van der Waals surface area contributed by atoms with Gasteiger partial charge in [-0.25, -0.2) is 18.1 Å². The smallest absolute Gasteiger partial charge is 0.422 e. The molecule has 22 heavy (non-hydrogen) atoms. The highest BCUT2D eigenvalue weighted by molar-refractivity contribution is 7.89. The summed E-state index contributed by atoms with van der Waals surface area (Å²) in [4.78, 5) is 3.41. The van der Waals surface area contributed by atoms with Crippen LogP contribution in [0.3, 0.4) is 0 Å². The van der Waals surface area contributed by atoms with E-state index in [9.17, 15) is 21.6 Å². The molecule has 0 amide bonds. The Morgan fingerprint density at radius 3 is 2.45 bits per heavy atom. The molecule has 0 bridgehead atoms. The van der Waals surface area contributed by atoms with Gasteiger partial charge >= 0.3 is 6.18 Å². The van der Waals surface area contributed by atoms with Crippen molar-refractivity contribution in [2.24, 2.45) is 0 Å². The Labute approximate surface area is 132 Å². The lowest BCUT2D eigenvalue weighted by atomic mass is 10.4. The van der Waals surface area contributed by atoms with Crippen LogP contribution in [0.2, 0.25) is 0 Å². The lowest BCUT2D eigenvalue weighted by molar-refractivity contribution is -0.154. The van der Waals surface area contributed by atoms with E-state index in [1.54, 1.807) is 7.05 Å². The Balaban J connectivity index is 0.00000441. The van der Waals surface area contributed by atoms with Crippen molar-refractivity contribution >= 4 is 22.4 Å². The Hall–Kier alpha value is -1.10. The van der Waals surface area contributed by atoms with Gasteiger partial charge in [0, 0.05) is 12.6 Å². The molecular weight excluding hydrogens is 347 g/mol. The normalized spacial score (nSPS) is 11.8. The van der Waals surface area contributed by atoms with Crippen molar-refractivity contribution in [3.8, 4) is 5.88 Å². The van der Waals surface area contributed by atoms with Gasteiger partial charge in [0.05, 0.1) is 6.20 Å². The van der Waals surface area contributed by atoms with Gasteiger partial charge < -0.3 is 10.1 Å².